The van der Waals surface area contributed by atoms with Crippen LogP contribution in [0.1, 0.15) is 43.6 Å². The molecular formula is C15H20O2. The normalized spacial score (nSPS) is 27.0. The van der Waals surface area contributed by atoms with Gasteiger partial charge in [-0.2, -0.15) is 0 Å². The average molecular weight is 232 g/mol. The summed E-state index contributed by atoms with van der Waals surface area (Å²) in [5.41, 5.74) is 0.933. The minimum Gasteiger partial charge on any atom is -0.385 e. The van der Waals surface area contributed by atoms with Gasteiger partial charge in [0.15, 0.2) is 5.78 Å². The number of ketones is 1. The Morgan fingerprint density at radius 1 is 1.24 bits per heavy atom. The molecule has 2 nitrogen and oxygen atoms in total. The van der Waals surface area contributed by atoms with Crippen molar-refractivity contribution >= 4 is 11.4 Å². The summed E-state index contributed by atoms with van der Waals surface area (Å²) in [7, 11) is 0. The van der Waals surface area contributed by atoms with Crippen molar-refractivity contribution in [1.82, 2.24) is 0 Å². The highest BCUT2D eigenvalue weighted by atomic mass is 16.3. The summed E-state index contributed by atoms with van der Waals surface area (Å²) in [6, 6.07) is 7.30. The molecule has 1 aromatic rings. The number of Topliss-reactive ketones (excluding diaryl/α,β-unsaturated/α-hetero) is 1. The standard InChI is InChI=1S/C13H14O2.C2H6/c1-8-10-6-4-5-7-11(10)12(14)9(2)13(8,3)15;1-2/h4-7,9,15H,1H2,2-3H3;1-2H3. The highest BCUT2D eigenvalue weighted by Crippen LogP contribution is 2.40. The third kappa shape index (κ3) is 2.05. The van der Waals surface area contributed by atoms with E-state index in [-0.39, 0.29) is 5.78 Å². The van der Waals surface area contributed by atoms with E-state index in [1.54, 1.807) is 19.9 Å². The van der Waals surface area contributed by atoms with Crippen molar-refractivity contribution in [3.63, 3.8) is 0 Å². The molecule has 0 heterocycles. The first-order valence-corrected chi connectivity index (χ1v) is 6.01. The highest BCUT2D eigenvalue weighted by molar-refractivity contribution is 6.07. The van der Waals surface area contributed by atoms with Crippen molar-refractivity contribution < 1.29 is 9.90 Å². The molecule has 92 valence electrons. The Kier molecular flexibility index (Phi) is 3.89. The van der Waals surface area contributed by atoms with Crippen LogP contribution in [0.15, 0.2) is 30.8 Å². The van der Waals surface area contributed by atoms with Crippen molar-refractivity contribution in [3.05, 3.63) is 42.0 Å². The van der Waals surface area contributed by atoms with Crippen molar-refractivity contribution in [1.29, 1.82) is 0 Å². The number of hydrogen-bond donors (Lipinski definition) is 1. The van der Waals surface area contributed by atoms with Crippen LogP contribution < -0.4 is 0 Å². The van der Waals surface area contributed by atoms with Crippen LogP contribution in [0.5, 0.6) is 0 Å². The van der Waals surface area contributed by atoms with Gasteiger partial charge in [0.2, 0.25) is 0 Å². The molecule has 2 atom stereocenters. The quantitative estimate of drug-likeness (QED) is 0.745. The van der Waals surface area contributed by atoms with Gasteiger partial charge in [0.1, 0.15) is 0 Å². The fourth-order valence-electron chi connectivity index (χ4n) is 1.98. The van der Waals surface area contributed by atoms with Crippen LogP contribution >= 0.6 is 0 Å². The Hall–Kier alpha value is -1.41. The maximum absolute atomic E-state index is 12.0. The van der Waals surface area contributed by atoms with Crippen LogP contribution in [0.2, 0.25) is 0 Å². The number of rotatable bonds is 0. The van der Waals surface area contributed by atoms with Crippen molar-refractivity contribution in [2.75, 3.05) is 0 Å². The predicted molar refractivity (Wildman–Crippen MR) is 70.9 cm³/mol. The molecule has 0 bridgehead atoms. The van der Waals surface area contributed by atoms with E-state index in [9.17, 15) is 9.90 Å². The van der Waals surface area contributed by atoms with E-state index in [4.69, 9.17) is 0 Å². The molecule has 2 rings (SSSR count). The Balaban J connectivity index is 0.000000686. The molecule has 0 radical (unpaired) electrons. The largest absolute Gasteiger partial charge is 0.385 e. The lowest BCUT2D eigenvalue weighted by molar-refractivity contribution is 0.0481. The molecule has 1 aromatic carbocycles. The van der Waals surface area contributed by atoms with E-state index in [0.717, 1.165) is 5.56 Å². The fraction of sp³-hybridized carbons (Fsp3) is 0.400. The Labute approximate surface area is 103 Å². The molecule has 0 fully saturated rings. The number of carbonyl (C=O) groups is 1. The third-order valence-electron chi connectivity index (χ3n) is 3.37. The first-order chi connectivity index (χ1) is 7.96. The van der Waals surface area contributed by atoms with E-state index in [1.807, 2.05) is 32.0 Å². The van der Waals surface area contributed by atoms with Gasteiger partial charge in [-0.15, -0.1) is 0 Å². The van der Waals surface area contributed by atoms with Crippen LogP contribution in [0.4, 0.5) is 0 Å². The van der Waals surface area contributed by atoms with E-state index in [2.05, 4.69) is 6.58 Å². The van der Waals surface area contributed by atoms with Crippen molar-refractivity contribution in [2.45, 2.75) is 33.3 Å². The summed E-state index contributed by atoms with van der Waals surface area (Å²) in [5, 5.41) is 10.2. The third-order valence-corrected chi connectivity index (χ3v) is 3.37. The summed E-state index contributed by atoms with van der Waals surface area (Å²) >= 11 is 0. The molecule has 0 saturated carbocycles. The molecule has 0 amide bonds. The van der Waals surface area contributed by atoms with E-state index < -0.39 is 11.5 Å². The van der Waals surface area contributed by atoms with Gasteiger partial charge in [-0.1, -0.05) is 51.6 Å². The Bertz CT molecular complexity index is 444. The van der Waals surface area contributed by atoms with Crippen LogP contribution in [-0.4, -0.2) is 16.5 Å². The fourth-order valence-corrected chi connectivity index (χ4v) is 1.98. The lowest BCUT2D eigenvalue weighted by Crippen LogP contribution is -2.42. The van der Waals surface area contributed by atoms with Crippen LogP contribution in [-0.2, 0) is 0 Å². The summed E-state index contributed by atoms with van der Waals surface area (Å²) < 4.78 is 0. The smallest absolute Gasteiger partial charge is 0.169 e. The number of fused-ring (bicyclic) bond motifs is 1. The van der Waals surface area contributed by atoms with E-state index >= 15 is 0 Å². The molecule has 17 heavy (non-hydrogen) atoms. The predicted octanol–water partition coefficient (Wildman–Crippen LogP) is 3.31. The van der Waals surface area contributed by atoms with Gasteiger partial charge < -0.3 is 5.11 Å². The average Bonchev–Trinajstić information content (AvgIpc) is 2.37. The van der Waals surface area contributed by atoms with Crippen LogP contribution in [0.3, 0.4) is 0 Å². The van der Waals surface area contributed by atoms with Gasteiger partial charge in [-0.05, 0) is 18.1 Å². The summed E-state index contributed by atoms with van der Waals surface area (Å²) in [6.07, 6.45) is 0. The Morgan fingerprint density at radius 3 is 2.24 bits per heavy atom. The molecule has 2 heteroatoms. The van der Waals surface area contributed by atoms with Gasteiger partial charge in [0, 0.05) is 5.56 Å². The van der Waals surface area contributed by atoms with Gasteiger partial charge in [0.05, 0.1) is 11.5 Å². The molecule has 0 saturated heterocycles. The minimum atomic E-state index is -1.13. The molecular weight excluding hydrogens is 212 g/mol. The van der Waals surface area contributed by atoms with E-state index in [1.165, 1.54) is 0 Å². The summed E-state index contributed by atoms with van der Waals surface area (Å²) in [6.45, 7) is 11.3. The molecule has 0 aromatic heterocycles. The van der Waals surface area contributed by atoms with Gasteiger partial charge in [0.25, 0.3) is 0 Å². The van der Waals surface area contributed by atoms with Gasteiger partial charge >= 0.3 is 0 Å². The lowest BCUT2D eigenvalue weighted by Gasteiger charge is -2.36. The maximum atomic E-state index is 12.0. The number of aliphatic hydroxyl groups is 1. The zero-order chi connectivity index (χ0) is 13.2. The summed E-state index contributed by atoms with van der Waals surface area (Å²) in [5.74, 6) is -0.442. The number of hydrogen-bond acceptors (Lipinski definition) is 2. The molecule has 1 aliphatic rings. The van der Waals surface area contributed by atoms with E-state index in [0.29, 0.717) is 11.1 Å². The maximum Gasteiger partial charge on any atom is 0.169 e. The first kappa shape index (κ1) is 13.7. The Morgan fingerprint density at radius 2 is 1.71 bits per heavy atom. The number of carbonyl (C=O) groups excluding carboxylic acids is 1. The molecule has 2 unspecified atom stereocenters. The van der Waals surface area contributed by atoms with Gasteiger partial charge in [-0.3, -0.25) is 4.79 Å². The van der Waals surface area contributed by atoms with Gasteiger partial charge in [-0.25, -0.2) is 0 Å². The highest BCUT2D eigenvalue weighted by Gasteiger charge is 2.42. The summed E-state index contributed by atoms with van der Waals surface area (Å²) in [4.78, 5) is 12.0. The minimum absolute atomic E-state index is 0.0111. The first-order valence-electron chi connectivity index (χ1n) is 6.01. The second-order valence-electron chi connectivity index (χ2n) is 4.26. The zero-order valence-corrected chi connectivity index (χ0v) is 10.9. The van der Waals surface area contributed by atoms with Crippen molar-refractivity contribution in [3.8, 4) is 0 Å². The molecule has 1 aliphatic carbocycles. The van der Waals surface area contributed by atoms with Crippen LogP contribution in [0, 0.1) is 5.92 Å². The molecule has 0 spiro atoms. The van der Waals surface area contributed by atoms with Crippen LogP contribution in [0.25, 0.3) is 5.57 Å². The topological polar surface area (TPSA) is 37.3 Å². The van der Waals surface area contributed by atoms with Crippen molar-refractivity contribution in [2.24, 2.45) is 5.92 Å². The second-order valence-corrected chi connectivity index (χ2v) is 4.26. The number of benzene rings is 1. The zero-order valence-electron chi connectivity index (χ0n) is 10.9. The molecule has 1 N–H and O–H groups in total. The molecule has 0 aliphatic heterocycles. The lowest BCUT2D eigenvalue weighted by atomic mass is 9.71. The monoisotopic (exact) mass is 232 g/mol. The second kappa shape index (κ2) is 4.84. The SMILES string of the molecule is C=C1c2ccccc2C(=O)C(C)C1(C)O.CC.